The molecule has 4 heteroatoms. The first kappa shape index (κ1) is 8.88. The average Bonchev–Trinajstić information content (AvgIpc) is 2.49. The fourth-order valence-electron chi connectivity index (χ4n) is 0.595. The van der Waals surface area contributed by atoms with Crippen molar-refractivity contribution in [2.45, 2.75) is 6.92 Å². The molecule has 62 valence electrons. The highest BCUT2D eigenvalue weighted by Crippen LogP contribution is 1.98. The maximum Gasteiger partial charge on any atom is 0.186 e. The minimum Gasteiger partial charge on any atom is -0.288 e. The molecule has 12 heavy (non-hydrogen) atoms. The van der Waals surface area contributed by atoms with Gasteiger partial charge in [-0.3, -0.25) is 9.89 Å². The monoisotopic (exact) mass is 180 g/mol. The molecule has 0 spiro atoms. The van der Waals surface area contributed by atoms with Crippen molar-refractivity contribution >= 4 is 16.9 Å². The van der Waals surface area contributed by atoms with Crippen LogP contribution in [0.1, 0.15) is 12.6 Å². The highest BCUT2D eigenvalue weighted by Gasteiger charge is 1.88. The standard InChI is InChI=1S/C8H8N2OS/c1-7(11)12-6-2-3-8-4-5-9-10-8/h4-5H,6H2,1H3,(H,9,10). The van der Waals surface area contributed by atoms with Gasteiger partial charge in [0.25, 0.3) is 0 Å². The van der Waals surface area contributed by atoms with Crippen LogP contribution in [0.15, 0.2) is 12.3 Å². The summed E-state index contributed by atoms with van der Waals surface area (Å²) in [6.07, 6.45) is 1.64. The summed E-state index contributed by atoms with van der Waals surface area (Å²) >= 11 is 1.21. The highest BCUT2D eigenvalue weighted by atomic mass is 32.2. The zero-order chi connectivity index (χ0) is 8.81. The predicted octanol–water partition coefficient (Wildman–Crippen LogP) is 1.04. The molecule has 3 nitrogen and oxygen atoms in total. The van der Waals surface area contributed by atoms with E-state index in [-0.39, 0.29) is 5.12 Å². The lowest BCUT2D eigenvalue weighted by Crippen LogP contribution is -1.82. The number of rotatable bonds is 1. The van der Waals surface area contributed by atoms with Crippen molar-refractivity contribution in [1.82, 2.24) is 10.2 Å². The fraction of sp³-hybridized carbons (Fsp3) is 0.250. The predicted molar refractivity (Wildman–Crippen MR) is 48.6 cm³/mol. The molecule has 0 radical (unpaired) electrons. The molecule has 0 amide bonds. The fourth-order valence-corrected chi connectivity index (χ4v) is 0.942. The smallest absolute Gasteiger partial charge is 0.186 e. The van der Waals surface area contributed by atoms with E-state index in [0.717, 1.165) is 5.69 Å². The molecule has 0 aromatic carbocycles. The van der Waals surface area contributed by atoms with Crippen molar-refractivity contribution < 1.29 is 4.79 Å². The number of aromatic nitrogens is 2. The van der Waals surface area contributed by atoms with E-state index < -0.39 is 0 Å². The Hall–Kier alpha value is -1.21. The number of hydrogen-bond donors (Lipinski definition) is 1. The van der Waals surface area contributed by atoms with Crippen molar-refractivity contribution in [2.24, 2.45) is 0 Å². The Morgan fingerprint density at radius 2 is 2.67 bits per heavy atom. The lowest BCUT2D eigenvalue weighted by Gasteiger charge is -1.83. The third-order valence-electron chi connectivity index (χ3n) is 1.07. The minimum atomic E-state index is 0.0916. The van der Waals surface area contributed by atoms with Gasteiger partial charge in [-0.15, -0.1) is 0 Å². The van der Waals surface area contributed by atoms with Gasteiger partial charge in [-0.25, -0.2) is 0 Å². The Balaban J connectivity index is 2.35. The van der Waals surface area contributed by atoms with E-state index in [1.807, 2.05) is 0 Å². The van der Waals surface area contributed by atoms with Gasteiger partial charge < -0.3 is 0 Å². The third-order valence-corrected chi connectivity index (χ3v) is 1.77. The van der Waals surface area contributed by atoms with Crippen molar-refractivity contribution in [3.05, 3.63) is 18.0 Å². The first-order valence-corrected chi connectivity index (χ1v) is 4.39. The highest BCUT2D eigenvalue weighted by molar-refractivity contribution is 8.13. The summed E-state index contributed by atoms with van der Waals surface area (Å²) in [5.41, 5.74) is 0.777. The largest absolute Gasteiger partial charge is 0.288 e. The Kier molecular flexibility index (Phi) is 3.42. The van der Waals surface area contributed by atoms with E-state index >= 15 is 0 Å². The zero-order valence-electron chi connectivity index (χ0n) is 6.63. The van der Waals surface area contributed by atoms with E-state index in [2.05, 4.69) is 22.0 Å². The zero-order valence-corrected chi connectivity index (χ0v) is 7.44. The summed E-state index contributed by atoms with van der Waals surface area (Å²) in [7, 11) is 0. The maximum absolute atomic E-state index is 10.5. The van der Waals surface area contributed by atoms with Crippen LogP contribution in [0.25, 0.3) is 0 Å². The summed E-state index contributed by atoms with van der Waals surface area (Å²) in [6, 6.07) is 1.78. The number of carbonyl (C=O) groups is 1. The van der Waals surface area contributed by atoms with Gasteiger partial charge in [0.1, 0.15) is 5.69 Å². The van der Waals surface area contributed by atoms with Gasteiger partial charge in [-0.1, -0.05) is 17.7 Å². The van der Waals surface area contributed by atoms with Crippen LogP contribution in [0.2, 0.25) is 0 Å². The van der Waals surface area contributed by atoms with Crippen LogP contribution >= 0.6 is 11.8 Å². The van der Waals surface area contributed by atoms with Crippen molar-refractivity contribution in [1.29, 1.82) is 0 Å². The van der Waals surface area contributed by atoms with Crippen LogP contribution < -0.4 is 0 Å². The van der Waals surface area contributed by atoms with E-state index in [0.29, 0.717) is 5.75 Å². The molecule has 1 heterocycles. The van der Waals surface area contributed by atoms with Gasteiger partial charge in [0.05, 0.1) is 5.75 Å². The van der Waals surface area contributed by atoms with Gasteiger partial charge >= 0.3 is 0 Å². The Morgan fingerprint density at radius 3 is 3.25 bits per heavy atom. The van der Waals surface area contributed by atoms with Crippen LogP contribution in [0.4, 0.5) is 0 Å². The van der Waals surface area contributed by atoms with Gasteiger partial charge in [0, 0.05) is 13.1 Å². The van der Waals surface area contributed by atoms with E-state index in [1.54, 1.807) is 12.3 Å². The van der Waals surface area contributed by atoms with E-state index in [4.69, 9.17) is 0 Å². The summed E-state index contributed by atoms with van der Waals surface area (Å²) < 4.78 is 0. The van der Waals surface area contributed by atoms with Gasteiger partial charge in [0.2, 0.25) is 0 Å². The molecule has 1 N–H and O–H groups in total. The van der Waals surface area contributed by atoms with Gasteiger partial charge in [-0.05, 0) is 12.0 Å². The van der Waals surface area contributed by atoms with Crippen LogP contribution in [-0.2, 0) is 4.79 Å². The third kappa shape index (κ3) is 3.26. The number of nitrogens with zero attached hydrogens (tertiary/aromatic N) is 1. The quantitative estimate of drug-likeness (QED) is 0.657. The van der Waals surface area contributed by atoms with Gasteiger partial charge in [0.15, 0.2) is 5.12 Å². The molecule has 0 aliphatic rings. The summed E-state index contributed by atoms with van der Waals surface area (Å²) in [4.78, 5) is 10.5. The SMILES string of the molecule is CC(=O)SCC#Cc1ccn[nH]1. The first-order valence-electron chi connectivity index (χ1n) is 3.40. The molecular weight excluding hydrogens is 172 g/mol. The normalized spacial score (nSPS) is 8.75. The van der Waals surface area contributed by atoms with Crippen LogP contribution in [0.5, 0.6) is 0 Å². The second-order valence-corrected chi connectivity index (χ2v) is 3.20. The molecule has 0 unspecified atom stereocenters. The van der Waals surface area contributed by atoms with Crippen molar-refractivity contribution in [2.75, 3.05) is 5.75 Å². The van der Waals surface area contributed by atoms with Crippen molar-refractivity contribution in [3.8, 4) is 11.8 Å². The number of thioether (sulfide) groups is 1. The number of H-pyrrole nitrogens is 1. The van der Waals surface area contributed by atoms with Crippen molar-refractivity contribution in [3.63, 3.8) is 0 Å². The topological polar surface area (TPSA) is 45.8 Å². The average molecular weight is 180 g/mol. The Bertz CT molecular complexity index is 308. The molecule has 1 rings (SSSR count). The summed E-state index contributed by atoms with van der Waals surface area (Å²) in [5, 5.41) is 6.53. The molecule has 0 bridgehead atoms. The lowest BCUT2D eigenvalue weighted by molar-refractivity contribution is -0.109. The summed E-state index contributed by atoms with van der Waals surface area (Å²) in [5.74, 6) is 6.21. The molecule has 0 saturated heterocycles. The summed E-state index contributed by atoms with van der Waals surface area (Å²) in [6.45, 7) is 1.53. The maximum atomic E-state index is 10.5. The van der Waals surface area contributed by atoms with Gasteiger partial charge in [-0.2, -0.15) is 5.10 Å². The molecular formula is C8H8N2OS. The molecule has 0 saturated carbocycles. The lowest BCUT2D eigenvalue weighted by atomic mass is 10.4. The van der Waals surface area contributed by atoms with E-state index in [1.165, 1.54) is 18.7 Å². The molecule has 0 aliphatic heterocycles. The second-order valence-electron chi connectivity index (χ2n) is 2.05. The number of aromatic amines is 1. The number of hydrogen-bond acceptors (Lipinski definition) is 3. The second kappa shape index (κ2) is 4.62. The molecule has 0 aliphatic carbocycles. The van der Waals surface area contributed by atoms with Crippen LogP contribution in [0, 0.1) is 11.8 Å². The molecule has 1 aromatic heterocycles. The van der Waals surface area contributed by atoms with Crippen LogP contribution in [-0.4, -0.2) is 21.1 Å². The number of nitrogens with one attached hydrogen (secondary N) is 1. The Labute approximate surface area is 74.9 Å². The molecule has 1 aromatic rings. The first-order chi connectivity index (χ1) is 5.79. The molecule has 0 atom stereocenters. The van der Waals surface area contributed by atoms with Crippen LogP contribution in [0.3, 0.4) is 0 Å². The Morgan fingerprint density at radius 1 is 1.83 bits per heavy atom. The number of carbonyl (C=O) groups excluding carboxylic acids is 1. The van der Waals surface area contributed by atoms with E-state index in [9.17, 15) is 4.79 Å². The minimum absolute atomic E-state index is 0.0916. The molecule has 0 fully saturated rings.